The van der Waals surface area contributed by atoms with Gasteiger partial charge in [0.2, 0.25) is 0 Å². The minimum Gasteiger partial charge on any atom is -0.461 e. The molecule has 2 bridgehead atoms. The van der Waals surface area contributed by atoms with Crippen LogP contribution in [0.2, 0.25) is 5.02 Å². The van der Waals surface area contributed by atoms with Gasteiger partial charge in [-0.3, -0.25) is 4.90 Å². The Bertz CT molecular complexity index is 1280. The standard InChI is InChI=1S/C28H33ClF4N6O/c29-21-3-1-4-23(24(21)28(31,32)33)37-10-7-20-22(15-37)35-26(36-25(20)38-13-18-5-6-19(14-38)34-18)40-16-27-8-2-9-39(27)12-17(30)11-27/h1,3-4,17-19,34H,2,5-16H2/t17?,18-,19+,27?. The first-order chi connectivity index (χ1) is 19.2. The Morgan fingerprint density at radius 3 is 2.65 bits per heavy atom. The fourth-order valence-corrected chi connectivity index (χ4v) is 7.87. The van der Waals surface area contributed by atoms with E-state index >= 15 is 0 Å². The highest BCUT2D eigenvalue weighted by atomic mass is 35.5. The van der Waals surface area contributed by atoms with E-state index < -0.39 is 17.9 Å². The lowest BCUT2D eigenvalue weighted by Crippen LogP contribution is -2.52. The molecule has 2 aromatic rings. The maximum absolute atomic E-state index is 14.3. The van der Waals surface area contributed by atoms with Gasteiger partial charge in [-0.15, -0.1) is 0 Å². The molecule has 1 aromatic heterocycles. The van der Waals surface area contributed by atoms with Gasteiger partial charge in [-0.05, 0) is 50.8 Å². The number of nitrogens with one attached hydrogen (secondary N) is 1. The van der Waals surface area contributed by atoms with E-state index in [0.717, 1.165) is 56.7 Å². The summed E-state index contributed by atoms with van der Waals surface area (Å²) < 4.78 is 62.6. The maximum Gasteiger partial charge on any atom is 0.419 e. The smallest absolute Gasteiger partial charge is 0.419 e. The lowest BCUT2D eigenvalue weighted by atomic mass is 9.95. The largest absolute Gasteiger partial charge is 0.461 e. The van der Waals surface area contributed by atoms with Gasteiger partial charge in [0.15, 0.2) is 0 Å². The second-order valence-corrected chi connectivity index (χ2v) is 12.4. The summed E-state index contributed by atoms with van der Waals surface area (Å²) in [6, 6.07) is 5.28. The molecule has 0 amide bonds. The van der Waals surface area contributed by atoms with Crippen molar-refractivity contribution < 1.29 is 22.3 Å². The highest BCUT2D eigenvalue weighted by molar-refractivity contribution is 6.31. The molecule has 2 unspecified atom stereocenters. The molecule has 0 saturated carbocycles. The molecule has 4 fully saturated rings. The third kappa shape index (κ3) is 4.67. The highest BCUT2D eigenvalue weighted by Gasteiger charge is 2.49. The number of alkyl halides is 4. The molecule has 12 heteroatoms. The third-order valence-electron chi connectivity index (χ3n) is 9.39. The number of aromatic nitrogens is 2. The molecule has 5 aliphatic heterocycles. The summed E-state index contributed by atoms with van der Waals surface area (Å²) in [4.78, 5) is 15.8. The maximum atomic E-state index is 14.3. The van der Waals surface area contributed by atoms with Gasteiger partial charge < -0.3 is 19.9 Å². The molecule has 4 atom stereocenters. The van der Waals surface area contributed by atoms with Crippen molar-refractivity contribution in [3.8, 4) is 6.01 Å². The SMILES string of the molecule is FC1CN2CCCC2(COc2nc3c(c(N4C[C@H]5CC[C@@H](C4)N5)n2)CCN(c2cccc(Cl)c2C(F)(F)F)C3)C1. The minimum atomic E-state index is -4.58. The van der Waals surface area contributed by atoms with Gasteiger partial charge in [0.05, 0.1) is 34.1 Å². The number of nitrogens with zero attached hydrogens (tertiary/aromatic N) is 5. The van der Waals surface area contributed by atoms with Crippen molar-refractivity contribution in [3.63, 3.8) is 0 Å². The molecule has 5 aliphatic rings. The normalized spacial score (nSPS) is 30.1. The van der Waals surface area contributed by atoms with Crippen molar-refractivity contribution in [1.82, 2.24) is 20.2 Å². The molecule has 7 nitrogen and oxygen atoms in total. The van der Waals surface area contributed by atoms with Crippen LogP contribution in [0.25, 0.3) is 0 Å². The Morgan fingerprint density at radius 2 is 1.88 bits per heavy atom. The van der Waals surface area contributed by atoms with Gasteiger partial charge >= 0.3 is 12.2 Å². The molecule has 4 saturated heterocycles. The highest BCUT2D eigenvalue weighted by Crippen LogP contribution is 2.44. The summed E-state index contributed by atoms with van der Waals surface area (Å²) in [7, 11) is 0. The molecule has 40 heavy (non-hydrogen) atoms. The number of anilines is 2. The van der Waals surface area contributed by atoms with Gasteiger partial charge in [0.25, 0.3) is 0 Å². The average molecular weight is 581 g/mol. The van der Waals surface area contributed by atoms with Crippen LogP contribution < -0.4 is 19.9 Å². The Labute approximate surface area is 235 Å². The van der Waals surface area contributed by atoms with Crippen LogP contribution in [0, 0.1) is 0 Å². The number of piperazine rings is 1. The molecule has 1 aromatic carbocycles. The summed E-state index contributed by atoms with van der Waals surface area (Å²) in [6.07, 6.45) is -0.395. The van der Waals surface area contributed by atoms with Gasteiger partial charge in [-0.1, -0.05) is 17.7 Å². The van der Waals surface area contributed by atoms with Crippen molar-refractivity contribution in [1.29, 1.82) is 0 Å². The molecule has 216 valence electrons. The molecule has 6 heterocycles. The van der Waals surface area contributed by atoms with E-state index in [1.807, 2.05) is 0 Å². The lowest BCUT2D eigenvalue weighted by Gasteiger charge is -2.38. The number of fused-ring (bicyclic) bond motifs is 4. The predicted molar refractivity (Wildman–Crippen MR) is 144 cm³/mol. The van der Waals surface area contributed by atoms with E-state index in [1.54, 1.807) is 11.0 Å². The molecule has 0 aliphatic carbocycles. The fraction of sp³-hybridized carbons (Fsp3) is 0.643. The van der Waals surface area contributed by atoms with Crippen LogP contribution in [0.4, 0.5) is 29.1 Å². The molecular weight excluding hydrogens is 548 g/mol. The molecule has 0 radical (unpaired) electrons. The van der Waals surface area contributed by atoms with E-state index in [1.165, 1.54) is 12.1 Å². The van der Waals surface area contributed by atoms with Crippen molar-refractivity contribution in [2.24, 2.45) is 0 Å². The van der Waals surface area contributed by atoms with Crippen LogP contribution in [-0.4, -0.2) is 78.0 Å². The van der Waals surface area contributed by atoms with E-state index in [9.17, 15) is 17.6 Å². The van der Waals surface area contributed by atoms with Crippen molar-refractivity contribution in [3.05, 3.63) is 40.0 Å². The van der Waals surface area contributed by atoms with Crippen LogP contribution in [0.3, 0.4) is 0 Å². The van der Waals surface area contributed by atoms with Gasteiger partial charge in [0, 0.05) is 50.2 Å². The number of halogens is 5. The third-order valence-corrected chi connectivity index (χ3v) is 9.70. The number of hydrogen-bond donors (Lipinski definition) is 1. The van der Waals surface area contributed by atoms with Crippen LogP contribution in [-0.2, 0) is 19.1 Å². The minimum absolute atomic E-state index is 0.0499. The van der Waals surface area contributed by atoms with Gasteiger partial charge in [-0.25, -0.2) is 4.39 Å². The number of rotatable bonds is 5. The van der Waals surface area contributed by atoms with Crippen LogP contribution in [0.15, 0.2) is 18.2 Å². The van der Waals surface area contributed by atoms with Crippen LogP contribution >= 0.6 is 11.6 Å². The Kier molecular flexibility index (Phi) is 6.55. The van der Waals surface area contributed by atoms with Crippen molar-refractivity contribution >= 4 is 23.1 Å². The first kappa shape index (κ1) is 26.5. The molecule has 0 spiro atoms. The summed E-state index contributed by atoms with van der Waals surface area (Å²) in [5.41, 5.74) is 0.508. The van der Waals surface area contributed by atoms with Crippen LogP contribution in [0.1, 0.15) is 48.9 Å². The van der Waals surface area contributed by atoms with E-state index in [-0.39, 0.29) is 28.8 Å². The summed E-state index contributed by atoms with van der Waals surface area (Å²) in [5.74, 6) is 0.816. The average Bonchev–Trinajstić information content (AvgIpc) is 3.56. The van der Waals surface area contributed by atoms with E-state index in [4.69, 9.17) is 26.3 Å². The van der Waals surface area contributed by atoms with Gasteiger partial charge in [-0.2, -0.15) is 23.1 Å². The summed E-state index contributed by atoms with van der Waals surface area (Å²) >= 11 is 6.04. The Morgan fingerprint density at radius 1 is 1.07 bits per heavy atom. The van der Waals surface area contributed by atoms with Crippen molar-refractivity contribution in [2.75, 3.05) is 49.1 Å². The zero-order chi connectivity index (χ0) is 27.6. The second kappa shape index (κ2) is 9.87. The first-order valence-electron chi connectivity index (χ1n) is 14.2. The van der Waals surface area contributed by atoms with Gasteiger partial charge in [0.1, 0.15) is 18.6 Å². The van der Waals surface area contributed by atoms with E-state index in [2.05, 4.69) is 15.1 Å². The first-order valence-corrected chi connectivity index (χ1v) is 14.6. The summed E-state index contributed by atoms with van der Waals surface area (Å²) in [6.45, 7) is 3.80. The fourth-order valence-electron chi connectivity index (χ4n) is 7.59. The number of ether oxygens (including phenoxy) is 1. The molecule has 7 rings (SSSR count). The number of hydrogen-bond acceptors (Lipinski definition) is 7. The quantitative estimate of drug-likeness (QED) is 0.519. The predicted octanol–water partition coefficient (Wildman–Crippen LogP) is 4.61. The zero-order valence-corrected chi connectivity index (χ0v) is 22.9. The van der Waals surface area contributed by atoms with Crippen LogP contribution in [0.5, 0.6) is 6.01 Å². The molecular formula is C28H33ClF4N6O. The molecule has 1 N–H and O–H groups in total. The Hall–Kier alpha value is -2.37. The number of benzene rings is 1. The topological polar surface area (TPSA) is 56.8 Å². The van der Waals surface area contributed by atoms with E-state index in [0.29, 0.717) is 50.3 Å². The lowest BCUT2D eigenvalue weighted by molar-refractivity contribution is -0.137. The zero-order valence-electron chi connectivity index (χ0n) is 22.2. The Balaban J connectivity index is 1.22. The van der Waals surface area contributed by atoms with Crippen molar-refractivity contribution in [2.45, 2.75) is 75.0 Å². The second-order valence-electron chi connectivity index (χ2n) is 12.0. The monoisotopic (exact) mass is 580 g/mol. The summed E-state index contributed by atoms with van der Waals surface area (Å²) in [5, 5.41) is 3.33.